The molecular formula is C12H16ClS. The fourth-order valence-electron chi connectivity index (χ4n) is 1.08. The van der Waals surface area contributed by atoms with Crippen LogP contribution in [0.3, 0.4) is 0 Å². The predicted molar refractivity (Wildman–Crippen MR) is 65.9 cm³/mol. The molecule has 0 saturated carbocycles. The molecule has 0 N–H and O–H groups in total. The fourth-order valence-corrected chi connectivity index (χ4v) is 2.22. The van der Waals surface area contributed by atoms with Crippen molar-refractivity contribution < 1.29 is 0 Å². The van der Waals surface area contributed by atoms with Crippen LogP contribution >= 0.6 is 23.4 Å². The zero-order chi connectivity index (χ0) is 10.4. The number of benzene rings is 1. The maximum absolute atomic E-state index is 5.80. The Balaban J connectivity index is 2.28. The van der Waals surface area contributed by atoms with Crippen LogP contribution in [0.4, 0.5) is 0 Å². The van der Waals surface area contributed by atoms with Crippen molar-refractivity contribution in [2.75, 3.05) is 5.75 Å². The highest BCUT2D eigenvalue weighted by Crippen LogP contribution is 2.22. The zero-order valence-corrected chi connectivity index (χ0v) is 10.1. The average molecular weight is 228 g/mol. The molecule has 14 heavy (non-hydrogen) atoms. The maximum atomic E-state index is 5.80. The van der Waals surface area contributed by atoms with Crippen molar-refractivity contribution in [3.63, 3.8) is 0 Å². The van der Waals surface area contributed by atoms with Gasteiger partial charge in [0.2, 0.25) is 0 Å². The van der Waals surface area contributed by atoms with Crippen molar-refractivity contribution in [3.8, 4) is 0 Å². The standard InChI is InChI=1S/C12H16ClS/c1-3-10(2)8-9-14-12-6-4-11(13)5-7-12/h4-7,10H,2-3,8-9H2,1H3. The van der Waals surface area contributed by atoms with Gasteiger partial charge >= 0.3 is 0 Å². The lowest BCUT2D eigenvalue weighted by Crippen LogP contribution is -1.93. The molecule has 1 atom stereocenters. The summed E-state index contributed by atoms with van der Waals surface area (Å²) in [5.74, 6) is 1.73. The summed E-state index contributed by atoms with van der Waals surface area (Å²) in [6.45, 7) is 6.25. The van der Waals surface area contributed by atoms with Gasteiger partial charge < -0.3 is 0 Å². The quantitative estimate of drug-likeness (QED) is 0.658. The summed E-state index contributed by atoms with van der Waals surface area (Å²) < 4.78 is 0. The molecule has 77 valence electrons. The topological polar surface area (TPSA) is 0 Å². The molecule has 1 aromatic carbocycles. The van der Waals surface area contributed by atoms with E-state index in [9.17, 15) is 0 Å². The highest BCUT2D eigenvalue weighted by atomic mass is 35.5. The van der Waals surface area contributed by atoms with E-state index < -0.39 is 0 Å². The fraction of sp³-hybridized carbons (Fsp3) is 0.417. The summed E-state index contributed by atoms with van der Waals surface area (Å²) in [4.78, 5) is 1.29. The number of rotatable bonds is 5. The SMILES string of the molecule is [CH2]C(CC)CCSc1ccc(Cl)cc1. The Morgan fingerprint density at radius 1 is 1.36 bits per heavy atom. The van der Waals surface area contributed by atoms with Crippen LogP contribution in [-0.4, -0.2) is 5.75 Å². The molecule has 0 aliphatic carbocycles. The van der Waals surface area contributed by atoms with Gasteiger partial charge in [-0.05, 0) is 42.4 Å². The van der Waals surface area contributed by atoms with E-state index in [1.807, 2.05) is 23.9 Å². The zero-order valence-electron chi connectivity index (χ0n) is 8.50. The number of hydrogen-bond donors (Lipinski definition) is 0. The van der Waals surface area contributed by atoms with E-state index in [0.29, 0.717) is 5.92 Å². The van der Waals surface area contributed by atoms with E-state index in [0.717, 1.165) is 10.8 Å². The van der Waals surface area contributed by atoms with E-state index in [-0.39, 0.29) is 0 Å². The Bertz CT molecular complexity index is 256. The minimum atomic E-state index is 0.592. The lowest BCUT2D eigenvalue weighted by molar-refractivity contribution is 0.607. The summed E-state index contributed by atoms with van der Waals surface area (Å²) in [5, 5.41) is 0.804. The van der Waals surface area contributed by atoms with Gasteiger partial charge in [0.25, 0.3) is 0 Å². The maximum Gasteiger partial charge on any atom is 0.0406 e. The molecular weight excluding hydrogens is 212 g/mol. The van der Waals surface area contributed by atoms with E-state index in [4.69, 9.17) is 11.6 Å². The second-order valence-corrected chi connectivity index (χ2v) is 4.97. The second-order valence-electron chi connectivity index (χ2n) is 3.37. The molecule has 0 aliphatic rings. The van der Waals surface area contributed by atoms with Gasteiger partial charge in [-0.1, -0.05) is 31.9 Å². The van der Waals surface area contributed by atoms with Crippen LogP contribution in [-0.2, 0) is 0 Å². The summed E-state index contributed by atoms with van der Waals surface area (Å²) >= 11 is 7.67. The molecule has 2 heteroatoms. The summed E-state index contributed by atoms with van der Waals surface area (Å²) in [6.07, 6.45) is 2.35. The molecule has 0 bridgehead atoms. The molecule has 1 rings (SSSR count). The van der Waals surface area contributed by atoms with Crippen molar-refractivity contribution in [3.05, 3.63) is 36.2 Å². The van der Waals surface area contributed by atoms with Gasteiger partial charge in [-0.3, -0.25) is 0 Å². The third-order valence-corrected chi connectivity index (χ3v) is 3.48. The number of hydrogen-bond acceptors (Lipinski definition) is 1. The predicted octanol–water partition coefficient (Wildman–Crippen LogP) is 4.68. The van der Waals surface area contributed by atoms with E-state index in [2.05, 4.69) is 26.0 Å². The first kappa shape index (κ1) is 11.9. The molecule has 0 fully saturated rings. The van der Waals surface area contributed by atoms with Crippen molar-refractivity contribution in [1.29, 1.82) is 0 Å². The lowest BCUT2D eigenvalue weighted by atomic mass is 10.1. The highest BCUT2D eigenvalue weighted by molar-refractivity contribution is 7.99. The first-order chi connectivity index (χ1) is 6.72. The van der Waals surface area contributed by atoms with Gasteiger partial charge in [-0.25, -0.2) is 0 Å². The molecule has 1 aromatic rings. The molecule has 0 nitrogen and oxygen atoms in total. The average Bonchev–Trinajstić information content (AvgIpc) is 2.21. The van der Waals surface area contributed by atoms with E-state index in [1.54, 1.807) is 0 Å². The van der Waals surface area contributed by atoms with Gasteiger partial charge in [0.15, 0.2) is 0 Å². The third-order valence-electron chi connectivity index (χ3n) is 2.19. The first-order valence-corrected chi connectivity index (χ1v) is 6.30. The van der Waals surface area contributed by atoms with Crippen molar-refractivity contribution in [1.82, 2.24) is 0 Å². The molecule has 0 aromatic heterocycles. The molecule has 0 spiro atoms. The van der Waals surface area contributed by atoms with Crippen LogP contribution < -0.4 is 0 Å². The van der Waals surface area contributed by atoms with Crippen molar-refractivity contribution >= 4 is 23.4 Å². The van der Waals surface area contributed by atoms with Gasteiger partial charge in [-0.2, -0.15) is 0 Å². The van der Waals surface area contributed by atoms with Crippen LogP contribution in [0.25, 0.3) is 0 Å². The number of halogens is 1. The Hall–Kier alpha value is -0.140. The van der Waals surface area contributed by atoms with Crippen LogP contribution in [0.1, 0.15) is 19.8 Å². The van der Waals surface area contributed by atoms with Gasteiger partial charge in [0, 0.05) is 9.92 Å². The first-order valence-electron chi connectivity index (χ1n) is 4.94. The highest BCUT2D eigenvalue weighted by Gasteiger charge is 1.99. The van der Waals surface area contributed by atoms with Crippen LogP contribution in [0.2, 0.25) is 5.02 Å². The lowest BCUT2D eigenvalue weighted by Gasteiger charge is -2.07. The van der Waals surface area contributed by atoms with Gasteiger partial charge in [0.05, 0.1) is 0 Å². The molecule has 1 unspecified atom stereocenters. The number of thioether (sulfide) groups is 1. The Morgan fingerprint density at radius 2 is 2.00 bits per heavy atom. The summed E-state index contributed by atoms with van der Waals surface area (Å²) in [6, 6.07) is 8.00. The molecule has 0 saturated heterocycles. The van der Waals surface area contributed by atoms with Gasteiger partial charge in [-0.15, -0.1) is 11.8 Å². The van der Waals surface area contributed by atoms with Crippen molar-refractivity contribution in [2.24, 2.45) is 5.92 Å². The molecule has 1 radical (unpaired) electrons. The third kappa shape index (κ3) is 4.39. The van der Waals surface area contributed by atoms with E-state index >= 15 is 0 Å². The van der Waals surface area contributed by atoms with Crippen LogP contribution in [0.5, 0.6) is 0 Å². The van der Waals surface area contributed by atoms with Crippen LogP contribution in [0, 0.1) is 12.8 Å². The monoisotopic (exact) mass is 227 g/mol. The van der Waals surface area contributed by atoms with Crippen LogP contribution in [0.15, 0.2) is 29.2 Å². The minimum Gasteiger partial charge on any atom is -0.126 e. The Labute approximate surface area is 96.0 Å². The normalized spacial score (nSPS) is 12.8. The van der Waals surface area contributed by atoms with Crippen molar-refractivity contribution in [2.45, 2.75) is 24.7 Å². The molecule has 0 aliphatic heterocycles. The molecule has 0 amide bonds. The Morgan fingerprint density at radius 3 is 2.57 bits per heavy atom. The minimum absolute atomic E-state index is 0.592. The smallest absolute Gasteiger partial charge is 0.0406 e. The van der Waals surface area contributed by atoms with Gasteiger partial charge in [0.1, 0.15) is 0 Å². The second kappa shape index (κ2) is 6.36. The largest absolute Gasteiger partial charge is 0.126 e. The van der Waals surface area contributed by atoms with E-state index in [1.165, 1.54) is 17.7 Å². The summed E-state index contributed by atoms with van der Waals surface area (Å²) in [5.41, 5.74) is 0. The molecule has 0 heterocycles. The summed E-state index contributed by atoms with van der Waals surface area (Å²) in [7, 11) is 0. The Kier molecular flexibility index (Phi) is 5.42.